The molecule has 0 bridgehead atoms. The third kappa shape index (κ3) is 1.67. The number of pyridine rings is 1. The Balaban J connectivity index is 1.87. The lowest BCUT2D eigenvalue weighted by molar-refractivity contribution is 0.0767. The number of hydrogen-bond acceptors (Lipinski definition) is 2. The van der Waals surface area contributed by atoms with E-state index in [2.05, 4.69) is 20.9 Å². The second-order valence-electron chi connectivity index (χ2n) is 4.29. The largest absolute Gasteiger partial charge is 0.333 e. The number of hydrogen-bond donors (Lipinski definition) is 0. The molecule has 3 rings (SSSR count). The standard InChI is InChI=1S/C11H11BrN2O/c12-9-3-8-6-14(5-7-1-2-7)11(15)10(8)13-4-9/h3-4,7H,1-2,5-6H2. The van der Waals surface area contributed by atoms with Crippen molar-refractivity contribution in [3.05, 3.63) is 28.0 Å². The summed E-state index contributed by atoms with van der Waals surface area (Å²) in [6.45, 7) is 1.64. The summed E-state index contributed by atoms with van der Waals surface area (Å²) in [5, 5.41) is 0. The Kier molecular flexibility index (Phi) is 2.06. The maximum absolute atomic E-state index is 11.9. The van der Waals surface area contributed by atoms with Crippen molar-refractivity contribution in [2.45, 2.75) is 19.4 Å². The Hall–Kier alpha value is -0.900. The highest BCUT2D eigenvalue weighted by atomic mass is 79.9. The minimum atomic E-state index is 0.101. The first-order chi connectivity index (χ1) is 7.24. The zero-order valence-corrected chi connectivity index (χ0v) is 9.83. The monoisotopic (exact) mass is 266 g/mol. The van der Waals surface area contributed by atoms with Gasteiger partial charge in [-0.3, -0.25) is 4.79 Å². The second kappa shape index (κ2) is 3.30. The van der Waals surface area contributed by atoms with Gasteiger partial charge in [0.1, 0.15) is 5.69 Å². The van der Waals surface area contributed by atoms with Crippen LogP contribution in [0, 0.1) is 5.92 Å². The summed E-state index contributed by atoms with van der Waals surface area (Å²) in [5.41, 5.74) is 1.69. The van der Waals surface area contributed by atoms with Gasteiger partial charge in [-0.15, -0.1) is 0 Å². The fourth-order valence-corrected chi connectivity index (χ4v) is 2.36. The van der Waals surface area contributed by atoms with Crippen LogP contribution in [0.15, 0.2) is 16.7 Å². The molecule has 1 saturated carbocycles. The van der Waals surface area contributed by atoms with E-state index in [1.54, 1.807) is 6.20 Å². The van der Waals surface area contributed by atoms with Gasteiger partial charge in [0.15, 0.2) is 0 Å². The van der Waals surface area contributed by atoms with Crippen LogP contribution in [0.4, 0.5) is 0 Å². The van der Waals surface area contributed by atoms with Crippen molar-refractivity contribution in [1.29, 1.82) is 0 Å². The van der Waals surface area contributed by atoms with E-state index < -0.39 is 0 Å². The Labute approximate surface area is 96.6 Å². The third-order valence-corrected chi connectivity index (χ3v) is 3.39. The minimum absolute atomic E-state index is 0.101. The number of aromatic nitrogens is 1. The molecule has 1 amide bonds. The average Bonchev–Trinajstić information content (AvgIpc) is 2.95. The molecule has 0 N–H and O–H groups in total. The van der Waals surface area contributed by atoms with Gasteiger partial charge in [0.05, 0.1) is 0 Å². The van der Waals surface area contributed by atoms with Gasteiger partial charge in [-0.25, -0.2) is 4.98 Å². The molecule has 0 atom stereocenters. The number of nitrogens with zero attached hydrogens (tertiary/aromatic N) is 2. The van der Waals surface area contributed by atoms with Gasteiger partial charge in [-0.1, -0.05) is 0 Å². The van der Waals surface area contributed by atoms with Gasteiger partial charge in [0, 0.05) is 29.3 Å². The number of amides is 1. The Morgan fingerprint density at radius 3 is 3.07 bits per heavy atom. The van der Waals surface area contributed by atoms with Crippen molar-refractivity contribution < 1.29 is 4.79 Å². The molecule has 0 saturated heterocycles. The fourth-order valence-electron chi connectivity index (χ4n) is 1.98. The molecule has 0 spiro atoms. The molecule has 4 heteroatoms. The van der Waals surface area contributed by atoms with E-state index in [0.29, 0.717) is 5.69 Å². The third-order valence-electron chi connectivity index (χ3n) is 2.96. The van der Waals surface area contributed by atoms with E-state index in [1.165, 1.54) is 12.8 Å². The highest BCUT2D eigenvalue weighted by Gasteiger charge is 2.33. The minimum Gasteiger partial charge on any atom is -0.333 e. The smallest absolute Gasteiger partial charge is 0.273 e. The molecule has 2 aliphatic rings. The average molecular weight is 267 g/mol. The van der Waals surface area contributed by atoms with Gasteiger partial charge in [-0.2, -0.15) is 0 Å². The van der Waals surface area contributed by atoms with E-state index in [4.69, 9.17) is 0 Å². The van der Waals surface area contributed by atoms with Crippen molar-refractivity contribution in [2.75, 3.05) is 6.54 Å². The van der Waals surface area contributed by atoms with E-state index in [1.807, 2.05) is 11.0 Å². The van der Waals surface area contributed by atoms with Gasteiger partial charge in [0.25, 0.3) is 5.91 Å². The van der Waals surface area contributed by atoms with E-state index >= 15 is 0 Å². The molecule has 1 aromatic heterocycles. The van der Waals surface area contributed by atoms with Gasteiger partial charge in [-0.05, 0) is 40.8 Å². The molecule has 2 heterocycles. The summed E-state index contributed by atoms with van der Waals surface area (Å²) in [4.78, 5) is 18.0. The molecule has 0 unspecified atom stereocenters. The summed E-state index contributed by atoms with van der Waals surface area (Å²) in [7, 11) is 0. The fraction of sp³-hybridized carbons (Fsp3) is 0.455. The lowest BCUT2D eigenvalue weighted by atomic mass is 10.2. The molecule has 78 valence electrons. The quantitative estimate of drug-likeness (QED) is 0.823. The predicted octanol–water partition coefficient (Wildman–Crippen LogP) is 2.21. The maximum atomic E-state index is 11.9. The van der Waals surface area contributed by atoms with Crippen molar-refractivity contribution in [3.63, 3.8) is 0 Å². The van der Waals surface area contributed by atoms with Crippen LogP contribution in [0.25, 0.3) is 0 Å². The molecular weight excluding hydrogens is 256 g/mol. The lowest BCUT2D eigenvalue weighted by Crippen LogP contribution is -2.26. The van der Waals surface area contributed by atoms with Crippen LogP contribution in [0.1, 0.15) is 28.9 Å². The first-order valence-electron chi connectivity index (χ1n) is 5.18. The Morgan fingerprint density at radius 1 is 1.53 bits per heavy atom. The highest BCUT2D eigenvalue weighted by Crippen LogP contribution is 2.33. The van der Waals surface area contributed by atoms with Crippen LogP contribution in [0.5, 0.6) is 0 Å². The molecule has 15 heavy (non-hydrogen) atoms. The summed E-state index contributed by atoms with van der Waals surface area (Å²) < 4.78 is 0.947. The van der Waals surface area contributed by atoms with Gasteiger partial charge < -0.3 is 4.90 Å². The van der Waals surface area contributed by atoms with Gasteiger partial charge >= 0.3 is 0 Å². The van der Waals surface area contributed by atoms with Crippen LogP contribution in [0.2, 0.25) is 0 Å². The molecule has 1 fully saturated rings. The Morgan fingerprint density at radius 2 is 2.33 bits per heavy atom. The van der Waals surface area contributed by atoms with Crippen LogP contribution >= 0.6 is 15.9 Å². The Bertz CT molecular complexity index is 429. The van der Waals surface area contributed by atoms with Crippen molar-refractivity contribution >= 4 is 21.8 Å². The molecule has 0 aromatic carbocycles. The van der Waals surface area contributed by atoms with Crippen LogP contribution in [-0.4, -0.2) is 22.3 Å². The molecule has 1 aliphatic carbocycles. The molecule has 0 radical (unpaired) electrons. The summed E-state index contributed by atoms with van der Waals surface area (Å²) >= 11 is 3.38. The van der Waals surface area contributed by atoms with E-state index in [9.17, 15) is 4.79 Å². The number of rotatable bonds is 2. The van der Waals surface area contributed by atoms with Crippen LogP contribution in [-0.2, 0) is 6.54 Å². The number of carbonyl (C=O) groups is 1. The topological polar surface area (TPSA) is 33.2 Å². The first-order valence-corrected chi connectivity index (χ1v) is 5.97. The molecular formula is C11H11BrN2O. The van der Waals surface area contributed by atoms with Crippen molar-refractivity contribution in [3.8, 4) is 0 Å². The van der Waals surface area contributed by atoms with Crippen molar-refractivity contribution in [1.82, 2.24) is 9.88 Å². The van der Waals surface area contributed by atoms with Crippen molar-refractivity contribution in [2.24, 2.45) is 5.92 Å². The molecule has 3 nitrogen and oxygen atoms in total. The predicted molar refractivity (Wildman–Crippen MR) is 59.4 cm³/mol. The molecule has 1 aromatic rings. The lowest BCUT2D eigenvalue weighted by Gasteiger charge is -2.13. The van der Waals surface area contributed by atoms with Gasteiger partial charge in [0.2, 0.25) is 0 Å². The zero-order chi connectivity index (χ0) is 10.4. The number of carbonyl (C=O) groups excluding carboxylic acids is 1. The SMILES string of the molecule is O=C1c2ncc(Br)cc2CN1CC1CC1. The normalized spacial score (nSPS) is 19.5. The van der Waals surface area contributed by atoms with E-state index in [0.717, 1.165) is 29.0 Å². The summed E-state index contributed by atoms with van der Waals surface area (Å²) in [6.07, 6.45) is 4.24. The zero-order valence-electron chi connectivity index (χ0n) is 8.24. The molecule has 1 aliphatic heterocycles. The van der Waals surface area contributed by atoms with E-state index in [-0.39, 0.29) is 5.91 Å². The maximum Gasteiger partial charge on any atom is 0.273 e. The first kappa shape index (κ1) is 9.33. The van der Waals surface area contributed by atoms with Crippen LogP contribution in [0.3, 0.4) is 0 Å². The number of fused-ring (bicyclic) bond motifs is 1. The summed E-state index contributed by atoms with van der Waals surface area (Å²) in [5.74, 6) is 0.844. The number of halogens is 1. The summed E-state index contributed by atoms with van der Waals surface area (Å²) in [6, 6.07) is 1.99. The van der Waals surface area contributed by atoms with Crippen LogP contribution < -0.4 is 0 Å². The highest BCUT2D eigenvalue weighted by molar-refractivity contribution is 9.10. The second-order valence-corrected chi connectivity index (χ2v) is 5.21.